The first-order valence-corrected chi connectivity index (χ1v) is 6.96. The molecule has 0 radical (unpaired) electrons. The molecule has 0 saturated carbocycles. The summed E-state index contributed by atoms with van der Waals surface area (Å²) >= 11 is 0. The molecule has 1 heterocycles. The molecule has 0 bridgehead atoms. The predicted molar refractivity (Wildman–Crippen MR) is 59.2 cm³/mol. The Morgan fingerprint density at radius 3 is 2.50 bits per heavy atom. The minimum atomic E-state index is -3.54. The van der Waals surface area contributed by atoms with E-state index in [1.165, 1.54) is 0 Å². The molecule has 0 aromatic rings. The van der Waals surface area contributed by atoms with Gasteiger partial charge in [0.15, 0.2) is 0 Å². The average Bonchev–Trinajstić information content (AvgIpc) is 2.17. The highest BCUT2D eigenvalue weighted by molar-refractivity contribution is 7.90. The number of nitrogens with two attached hydrogens (primary N) is 1. The van der Waals surface area contributed by atoms with Crippen molar-refractivity contribution < 1.29 is 17.9 Å². The lowest BCUT2D eigenvalue weighted by molar-refractivity contribution is -0.127. The Morgan fingerprint density at radius 1 is 1.44 bits per heavy atom. The van der Waals surface area contributed by atoms with Gasteiger partial charge in [0.05, 0.1) is 5.75 Å². The fourth-order valence-corrected chi connectivity index (χ4v) is 2.65. The number of ether oxygens (including phenoxy) is 1. The number of hydrogen-bond donors (Lipinski definition) is 2. The van der Waals surface area contributed by atoms with E-state index in [9.17, 15) is 13.2 Å². The molecule has 1 saturated heterocycles. The number of amides is 1. The number of sulfonamides is 1. The average molecular weight is 250 g/mol. The SMILES string of the molecule is CCCS(=O)(=O)NC(=O)C1(N)CCOCC1. The first-order valence-electron chi connectivity index (χ1n) is 5.31. The molecule has 94 valence electrons. The predicted octanol–water partition coefficient (Wildman–Crippen LogP) is -0.650. The molecule has 16 heavy (non-hydrogen) atoms. The molecule has 0 unspecified atom stereocenters. The van der Waals surface area contributed by atoms with Crippen molar-refractivity contribution in [3.8, 4) is 0 Å². The van der Waals surface area contributed by atoms with Crippen molar-refractivity contribution in [1.29, 1.82) is 0 Å². The van der Waals surface area contributed by atoms with Crippen LogP contribution in [0.2, 0.25) is 0 Å². The molecule has 0 spiro atoms. The van der Waals surface area contributed by atoms with E-state index in [1.54, 1.807) is 6.92 Å². The molecule has 3 N–H and O–H groups in total. The maximum absolute atomic E-state index is 11.7. The summed E-state index contributed by atoms with van der Waals surface area (Å²) in [6.07, 6.45) is 1.16. The smallest absolute Gasteiger partial charge is 0.253 e. The van der Waals surface area contributed by atoms with Crippen LogP contribution in [0.3, 0.4) is 0 Å². The Morgan fingerprint density at radius 2 is 2.00 bits per heavy atom. The van der Waals surface area contributed by atoms with Crippen LogP contribution in [0.15, 0.2) is 0 Å². The number of hydrogen-bond acceptors (Lipinski definition) is 5. The Labute approximate surface area is 95.6 Å². The third-order valence-corrected chi connectivity index (χ3v) is 4.00. The summed E-state index contributed by atoms with van der Waals surface area (Å²) in [5.74, 6) is -0.685. The van der Waals surface area contributed by atoms with Crippen LogP contribution in [0.1, 0.15) is 26.2 Å². The third-order valence-electron chi connectivity index (χ3n) is 2.56. The normalized spacial score (nSPS) is 20.4. The maximum atomic E-state index is 11.7. The largest absolute Gasteiger partial charge is 0.381 e. The van der Waals surface area contributed by atoms with Gasteiger partial charge >= 0.3 is 0 Å². The van der Waals surface area contributed by atoms with Crippen molar-refractivity contribution in [2.75, 3.05) is 19.0 Å². The van der Waals surface area contributed by atoms with Crippen molar-refractivity contribution in [1.82, 2.24) is 4.72 Å². The summed E-state index contributed by atoms with van der Waals surface area (Å²) in [5, 5.41) is 0. The quantitative estimate of drug-likeness (QED) is 0.691. The fourth-order valence-electron chi connectivity index (χ4n) is 1.53. The van der Waals surface area contributed by atoms with E-state index in [1.807, 2.05) is 4.72 Å². The monoisotopic (exact) mass is 250 g/mol. The van der Waals surface area contributed by atoms with E-state index in [4.69, 9.17) is 10.5 Å². The van der Waals surface area contributed by atoms with Crippen LogP contribution < -0.4 is 10.5 Å². The van der Waals surface area contributed by atoms with Crippen LogP contribution in [0.4, 0.5) is 0 Å². The van der Waals surface area contributed by atoms with E-state index in [0.29, 0.717) is 32.5 Å². The van der Waals surface area contributed by atoms with Crippen LogP contribution >= 0.6 is 0 Å². The molecule has 0 aromatic heterocycles. The number of carbonyl (C=O) groups is 1. The molecular weight excluding hydrogens is 232 g/mol. The van der Waals surface area contributed by atoms with E-state index in [2.05, 4.69) is 0 Å². The highest BCUT2D eigenvalue weighted by Gasteiger charge is 2.37. The summed E-state index contributed by atoms with van der Waals surface area (Å²) in [7, 11) is -3.54. The van der Waals surface area contributed by atoms with E-state index < -0.39 is 21.5 Å². The van der Waals surface area contributed by atoms with Gasteiger partial charge in [-0.3, -0.25) is 9.52 Å². The second-order valence-corrected chi connectivity index (χ2v) is 5.86. The summed E-state index contributed by atoms with van der Waals surface area (Å²) in [6.45, 7) is 2.51. The highest BCUT2D eigenvalue weighted by Crippen LogP contribution is 2.18. The lowest BCUT2D eigenvalue weighted by atomic mass is 9.91. The second kappa shape index (κ2) is 5.11. The van der Waals surface area contributed by atoms with Gasteiger partial charge < -0.3 is 10.5 Å². The Hall–Kier alpha value is -0.660. The molecule has 0 aliphatic carbocycles. The zero-order valence-corrected chi connectivity index (χ0v) is 10.2. The zero-order valence-electron chi connectivity index (χ0n) is 9.36. The van der Waals surface area contributed by atoms with Gasteiger partial charge in [0.25, 0.3) is 5.91 Å². The van der Waals surface area contributed by atoms with Crippen molar-refractivity contribution >= 4 is 15.9 Å². The Bertz CT molecular complexity index is 347. The lowest BCUT2D eigenvalue weighted by Crippen LogP contribution is -2.58. The molecule has 1 fully saturated rings. The molecule has 1 aliphatic heterocycles. The summed E-state index contributed by atoms with van der Waals surface area (Å²) < 4.78 is 29.9. The standard InChI is InChI=1S/C9H18N2O4S/c1-2-7-16(13,14)11-8(12)9(10)3-5-15-6-4-9/h2-7,10H2,1H3,(H,11,12). The van der Waals surface area contributed by atoms with Gasteiger partial charge in [-0.25, -0.2) is 8.42 Å². The highest BCUT2D eigenvalue weighted by atomic mass is 32.2. The molecule has 1 amide bonds. The number of rotatable bonds is 4. The topological polar surface area (TPSA) is 98.5 Å². The molecule has 0 atom stereocenters. The first-order chi connectivity index (χ1) is 7.40. The maximum Gasteiger partial charge on any atom is 0.253 e. The molecular formula is C9H18N2O4S. The van der Waals surface area contributed by atoms with Crippen LogP contribution in [-0.2, 0) is 19.6 Å². The van der Waals surface area contributed by atoms with Gasteiger partial charge in [0, 0.05) is 13.2 Å². The van der Waals surface area contributed by atoms with Gasteiger partial charge in [0.1, 0.15) is 5.54 Å². The van der Waals surface area contributed by atoms with Crippen molar-refractivity contribution in [3.63, 3.8) is 0 Å². The summed E-state index contributed by atoms with van der Waals surface area (Å²) in [6, 6.07) is 0. The van der Waals surface area contributed by atoms with E-state index in [0.717, 1.165) is 0 Å². The Kier molecular flexibility index (Phi) is 4.28. The number of carbonyl (C=O) groups excluding carboxylic acids is 1. The molecule has 7 heteroatoms. The summed E-state index contributed by atoms with van der Waals surface area (Å²) in [5.41, 5.74) is 4.74. The minimum absolute atomic E-state index is 0.0642. The van der Waals surface area contributed by atoms with Crippen LogP contribution in [0.5, 0.6) is 0 Å². The van der Waals surface area contributed by atoms with Gasteiger partial charge in [-0.15, -0.1) is 0 Å². The van der Waals surface area contributed by atoms with Gasteiger partial charge in [-0.1, -0.05) is 6.92 Å². The van der Waals surface area contributed by atoms with Crippen molar-refractivity contribution in [2.45, 2.75) is 31.7 Å². The Balaban J connectivity index is 2.64. The second-order valence-electron chi connectivity index (χ2n) is 4.02. The zero-order chi connectivity index (χ0) is 12.2. The van der Waals surface area contributed by atoms with Crippen LogP contribution in [0, 0.1) is 0 Å². The van der Waals surface area contributed by atoms with Crippen LogP contribution in [-0.4, -0.2) is 38.8 Å². The van der Waals surface area contributed by atoms with Crippen molar-refractivity contribution in [3.05, 3.63) is 0 Å². The van der Waals surface area contributed by atoms with Crippen molar-refractivity contribution in [2.24, 2.45) is 5.73 Å². The van der Waals surface area contributed by atoms with Gasteiger partial charge in [0.2, 0.25) is 10.0 Å². The minimum Gasteiger partial charge on any atom is -0.381 e. The van der Waals surface area contributed by atoms with E-state index >= 15 is 0 Å². The third kappa shape index (κ3) is 3.43. The number of nitrogens with one attached hydrogen (secondary N) is 1. The fraction of sp³-hybridized carbons (Fsp3) is 0.889. The lowest BCUT2D eigenvalue weighted by Gasteiger charge is -2.31. The van der Waals surface area contributed by atoms with Gasteiger partial charge in [-0.05, 0) is 19.3 Å². The van der Waals surface area contributed by atoms with Crippen LogP contribution in [0.25, 0.3) is 0 Å². The summed E-state index contributed by atoms with van der Waals surface area (Å²) in [4.78, 5) is 11.7. The molecule has 6 nitrogen and oxygen atoms in total. The molecule has 1 aliphatic rings. The molecule has 0 aromatic carbocycles. The molecule has 1 rings (SSSR count). The first kappa shape index (κ1) is 13.4. The van der Waals surface area contributed by atoms with Gasteiger partial charge in [-0.2, -0.15) is 0 Å². The van der Waals surface area contributed by atoms with E-state index in [-0.39, 0.29) is 5.75 Å².